The molecule has 0 saturated heterocycles. The highest BCUT2D eigenvalue weighted by atomic mass is 16.2. The summed E-state index contributed by atoms with van der Waals surface area (Å²) < 4.78 is 0. The summed E-state index contributed by atoms with van der Waals surface area (Å²) >= 11 is 0. The van der Waals surface area contributed by atoms with Crippen LogP contribution in [0, 0.1) is 17.8 Å². The summed E-state index contributed by atoms with van der Waals surface area (Å²) in [6.07, 6.45) is 6.51. The number of rotatable bonds is 4. The molecular formula is C18H21N3O3. The standard InChI is InChI=1S/C18H21N3O3/c22-16(19-6-5-12-8-10-1-2-11(12)7-10)13-3-4-14-15(9-13)21-18(24)17(23)20-14/h3-4,9-12H,1-2,5-8H2,(H,19,22)(H,20,23)(H,21,24)/t10-,11-,12+/m0/s1. The second-order valence-corrected chi connectivity index (χ2v) is 7.15. The van der Waals surface area contributed by atoms with E-state index in [2.05, 4.69) is 15.3 Å². The first-order chi connectivity index (χ1) is 11.6. The second-order valence-electron chi connectivity index (χ2n) is 7.15. The zero-order valence-corrected chi connectivity index (χ0v) is 13.4. The van der Waals surface area contributed by atoms with Gasteiger partial charge in [0.05, 0.1) is 11.0 Å². The first kappa shape index (κ1) is 15.2. The Morgan fingerprint density at radius 1 is 1.08 bits per heavy atom. The Labute approximate surface area is 138 Å². The van der Waals surface area contributed by atoms with Crippen molar-refractivity contribution in [1.82, 2.24) is 15.3 Å². The van der Waals surface area contributed by atoms with Gasteiger partial charge in [-0.3, -0.25) is 14.4 Å². The number of benzene rings is 1. The lowest BCUT2D eigenvalue weighted by atomic mass is 9.86. The van der Waals surface area contributed by atoms with E-state index >= 15 is 0 Å². The van der Waals surface area contributed by atoms with E-state index in [9.17, 15) is 14.4 Å². The molecule has 0 radical (unpaired) electrons. The highest BCUT2D eigenvalue weighted by molar-refractivity contribution is 5.97. The molecule has 3 N–H and O–H groups in total. The molecule has 0 unspecified atom stereocenters. The molecule has 2 fully saturated rings. The quantitative estimate of drug-likeness (QED) is 0.747. The fraction of sp³-hybridized carbons (Fsp3) is 0.500. The molecule has 0 spiro atoms. The van der Waals surface area contributed by atoms with E-state index in [-0.39, 0.29) is 5.91 Å². The molecule has 2 aliphatic rings. The maximum absolute atomic E-state index is 12.3. The molecule has 2 aromatic rings. The summed E-state index contributed by atoms with van der Waals surface area (Å²) in [5.41, 5.74) is 0.0542. The van der Waals surface area contributed by atoms with Gasteiger partial charge in [-0.1, -0.05) is 6.42 Å². The third-order valence-electron chi connectivity index (χ3n) is 5.67. The average Bonchev–Trinajstić information content (AvgIpc) is 3.18. The van der Waals surface area contributed by atoms with Crippen LogP contribution in [-0.2, 0) is 0 Å². The first-order valence-corrected chi connectivity index (χ1v) is 8.65. The predicted molar refractivity (Wildman–Crippen MR) is 91.1 cm³/mol. The molecule has 1 aromatic carbocycles. The monoisotopic (exact) mass is 327 g/mol. The topological polar surface area (TPSA) is 94.8 Å². The highest BCUT2D eigenvalue weighted by Crippen LogP contribution is 2.49. The molecule has 1 amide bonds. The van der Waals surface area contributed by atoms with Crippen LogP contribution in [0.3, 0.4) is 0 Å². The molecule has 1 aromatic heterocycles. The molecular weight excluding hydrogens is 306 g/mol. The van der Waals surface area contributed by atoms with E-state index in [0.717, 1.165) is 24.2 Å². The lowest BCUT2D eigenvalue weighted by Crippen LogP contribution is -2.29. The Bertz CT molecular complexity index is 898. The largest absolute Gasteiger partial charge is 0.352 e. The summed E-state index contributed by atoms with van der Waals surface area (Å²) in [4.78, 5) is 40.0. The summed E-state index contributed by atoms with van der Waals surface area (Å²) in [6, 6.07) is 4.89. The normalized spacial score (nSPS) is 25.2. The number of aromatic nitrogens is 2. The van der Waals surface area contributed by atoms with Crippen molar-refractivity contribution in [2.24, 2.45) is 17.8 Å². The number of fused-ring (bicyclic) bond motifs is 3. The van der Waals surface area contributed by atoms with Crippen molar-refractivity contribution in [3.05, 3.63) is 44.5 Å². The summed E-state index contributed by atoms with van der Waals surface area (Å²) in [7, 11) is 0. The van der Waals surface area contributed by atoms with Gasteiger partial charge < -0.3 is 15.3 Å². The van der Waals surface area contributed by atoms with Crippen LogP contribution in [0.1, 0.15) is 42.5 Å². The Balaban J connectivity index is 1.40. The smallest absolute Gasteiger partial charge is 0.314 e. The summed E-state index contributed by atoms with van der Waals surface area (Å²) in [6.45, 7) is 0.687. The molecule has 3 atom stereocenters. The molecule has 4 rings (SSSR count). The minimum Gasteiger partial charge on any atom is -0.352 e. The van der Waals surface area contributed by atoms with Crippen LogP contribution in [0.5, 0.6) is 0 Å². The minimum absolute atomic E-state index is 0.146. The van der Waals surface area contributed by atoms with Crippen molar-refractivity contribution in [3.8, 4) is 0 Å². The van der Waals surface area contributed by atoms with Crippen molar-refractivity contribution in [1.29, 1.82) is 0 Å². The third-order valence-corrected chi connectivity index (χ3v) is 5.67. The second kappa shape index (κ2) is 5.92. The minimum atomic E-state index is -0.712. The van der Waals surface area contributed by atoms with Gasteiger partial charge in [0.1, 0.15) is 0 Å². The highest BCUT2D eigenvalue weighted by Gasteiger charge is 2.38. The number of aromatic amines is 2. The number of carbonyl (C=O) groups excluding carboxylic acids is 1. The molecule has 2 bridgehead atoms. The molecule has 126 valence electrons. The van der Waals surface area contributed by atoms with Crippen molar-refractivity contribution >= 4 is 16.9 Å². The van der Waals surface area contributed by atoms with E-state index in [1.54, 1.807) is 18.2 Å². The number of H-pyrrole nitrogens is 2. The van der Waals surface area contributed by atoms with Gasteiger partial charge in [0.25, 0.3) is 5.91 Å². The van der Waals surface area contributed by atoms with Crippen LogP contribution in [0.4, 0.5) is 0 Å². The van der Waals surface area contributed by atoms with Gasteiger partial charge in [0.15, 0.2) is 0 Å². The Morgan fingerprint density at radius 2 is 1.88 bits per heavy atom. The molecule has 1 heterocycles. The van der Waals surface area contributed by atoms with Gasteiger partial charge in [0.2, 0.25) is 0 Å². The van der Waals surface area contributed by atoms with E-state index < -0.39 is 11.1 Å². The molecule has 24 heavy (non-hydrogen) atoms. The molecule has 0 aliphatic heterocycles. The zero-order valence-electron chi connectivity index (χ0n) is 13.4. The van der Waals surface area contributed by atoms with Crippen LogP contribution in [-0.4, -0.2) is 22.4 Å². The zero-order chi connectivity index (χ0) is 16.7. The molecule has 6 heteroatoms. The lowest BCUT2D eigenvalue weighted by molar-refractivity contribution is 0.0950. The first-order valence-electron chi connectivity index (χ1n) is 8.65. The fourth-order valence-corrected chi connectivity index (χ4v) is 4.46. The fourth-order valence-electron chi connectivity index (χ4n) is 4.46. The van der Waals surface area contributed by atoms with Crippen molar-refractivity contribution in [2.75, 3.05) is 6.54 Å². The predicted octanol–water partition coefficient (Wildman–Crippen LogP) is 1.77. The third kappa shape index (κ3) is 2.77. The van der Waals surface area contributed by atoms with E-state index in [0.29, 0.717) is 23.1 Å². The number of amides is 1. The Hall–Kier alpha value is -2.37. The molecule has 2 saturated carbocycles. The average molecular weight is 327 g/mol. The summed E-state index contributed by atoms with van der Waals surface area (Å²) in [5.74, 6) is 2.42. The van der Waals surface area contributed by atoms with Crippen LogP contribution >= 0.6 is 0 Å². The van der Waals surface area contributed by atoms with Crippen molar-refractivity contribution in [2.45, 2.75) is 32.1 Å². The van der Waals surface area contributed by atoms with E-state index in [1.807, 2.05) is 0 Å². The number of carbonyl (C=O) groups is 1. The summed E-state index contributed by atoms with van der Waals surface area (Å²) in [5, 5.41) is 2.97. The maximum atomic E-state index is 12.3. The number of nitrogens with one attached hydrogen (secondary N) is 3. The van der Waals surface area contributed by atoms with E-state index in [1.165, 1.54) is 25.7 Å². The molecule has 2 aliphatic carbocycles. The Kier molecular flexibility index (Phi) is 3.75. The van der Waals surface area contributed by atoms with Gasteiger partial charge in [-0.05, 0) is 61.6 Å². The maximum Gasteiger partial charge on any atom is 0.314 e. The van der Waals surface area contributed by atoms with Crippen molar-refractivity contribution in [3.63, 3.8) is 0 Å². The molecule has 6 nitrogen and oxygen atoms in total. The van der Waals surface area contributed by atoms with Gasteiger partial charge in [-0.25, -0.2) is 0 Å². The van der Waals surface area contributed by atoms with Gasteiger partial charge in [-0.2, -0.15) is 0 Å². The lowest BCUT2D eigenvalue weighted by Gasteiger charge is -2.21. The number of hydrogen-bond acceptors (Lipinski definition) is 3. The number of hydrogen-bond donors (Lipinski definition) is 3. The van der Waals surface area contributed by atoms with Gasteiger partial charge in [0, 0.05) is 12.1 Å². The van der Waals surface area contributed by atoms with Gasteiger partial charge in [-0.15, -0.1) is 0 Å². The van der Waals surface area contributed by atoms with E-state index in [4.69, 9.17) is 0 Å². The van der Waals surface area contributed by atoms with Crippen LogP contribution in [0.2, 0.25) is 0 Å². The van der Waals surface area contributed by atoms with Gasteiger partial charge >= 0.3 is 11.1 Å². The SMILES string of the molecule is O=C(NCC[C@@H]1C[C@H]2CC[C@H]1C2)c1ccc2[nH]c(=O)c(=O)[nH]c2c1. The van der Waals surface area contributed by atoms with Crippen LogP contribution in [0.25, 0.3) is 11.0 Å². The van der Waals surface area contributed by atoms with Crippen molar-refractivity contribution < 1.29 is 4.79 Å². The van der Waals surface area contributed by atoms with Crippen LogP contribution in [0.15, 0.2) is 27.8 Å². The van der Waals surface area contributed by atoms with Crippen LogP contribution < -0.4 is 16.4 Å². The Morgan fingerprint density at radius 3 is 2.58 bits per heavy atom.